The van der Waals surface area contributed by atoms with Gasteiger partial charge in [-0.3, -0.25) is 14.2 Å². The molecule has 0 N–H and O–H groups in total. The molecule has 7 heteroatoms. The summed E-state index contributed by atoms with van der Waals surface area (Å²) in [5, 5.41) is 0. The molecule has 0 spiro atoms. The van der Waals surface area contributed by atoms with Gasteiger partial charge in [-0.15, -0.1) is 11.3 Å². The number of hydrogen-bond acceptors (Lipinski definition) is 6. The minimum absolute atomic E-state index is 0.111. The van der Waals surface area contributed by atoms with E-state index in [0.29, 0.717) is 23.4 Å². The fourth-order valence-electron chi connectivity index (χ4n) is 2.55. The Morgan fingerprint density at radius 2 is 2.32 bits per heavy atom. The summed E-state index contributed by atoms with van der Waals surface area (Å²) >= 11 is 1.46. The van der Waals surface area contributed by atoms with Crippen LogP contribution < -0.4 is 5.56 Å². The molecule has 1 aliphatic heterocycles. The number of nitrogens with zero attached hydrogens (tertiary/aromatic N) is 2. The Morgan fingerprint density at radius 3 is 3.05 bits per heavy atom. The predicted octanol–water partition coefficient (Wildman–Crippen LogP) is 1.87. The van der Waals surface area contributed by atoms with Crippen molar-refractivity contribution in [3.8, 4) is 0 Å². The molecular formula is C15H18N2O4S. The zero-order chi connectivity index (χ0) is 15.9. The number of carbonyl (C=O) groups is 1. The highest BCUT2D eigenvalue weighted by atomic mass is 32.1. The Bertz CT molecular complexity index is 791. The molecule has 2 aromatic heterocycles. The SMILES string of the molecule is CCOC(=O)Cn1cnc2c3c(sc2c1=O)CC(C)(C)OC3. The molecule has 0 saturated carbocycles. The first-order chi connectivity index (χ1) is 10.4. The first-order valence-corrected chi connectivity index (χ1v) is 8.02. The smallest absolute Gasteiger partial charge is 0.326 e. The molecule has 0 unspecified atom stereocenters. The highest BCUT2D eigenvalue weighted by molar-refractivity contribution is 7.19. The molecule has 22 heavy (non-hydrogen) atoms. The van der Waals surface area contributed by atoms with Gasteiger partial charge in [0.05, 0.1) is 30.7 Å². The number of esters is 1. The second-order valence-electron chi connectivity index (χ2n) is 5.89. The monoisotopic (exact) mass is 322 g/mol. The molecule has 3 heterocycles. The third kappa shape index (κ3) is 2.66. The summed E-state index contributed by atoms with van der Waals surface area (Å²) in [5.74, 6) is -0.434. The number of ether oxygens (including phenoxy) is 2. The number of hydrogen-bond donors (Lipinski definition) is 0. The van der Waals surface area contributed by atoms with E-state index in [1.807, 2.05) is 13.8 Å². The Kier molecular flexibility index (Phi) is 3.78. The van der Waals surface area contributed by atoms with Crippen LogP contribution in [-0.4, -0.2) is 27.7 Å². The van der Waals surface area contributed by atoms with E-state index in [1.165, 1.54) is 22.2 Å². The van der Waals surface area contributed by atoms with Gasteiger partial charge in [0.1, 0.15) is 11.2 Å². The van der Waals surface area contributed by atoms with Crippen molar-refractivity contribution in [2.24, 2.45) is 0 Å². The number of rotatable bonds is 3. The highest BCUT2D eigenvalue weighted by Crippen LogP contribution is 2.36. The van der Waals surface area contributed by atoms with E-state index in [2.05, 4.69) is 4.98 Å². The van der Waals surface area contributed by atoms with Crippen LogP contribution in [0.4, 0.5) is 0 Å². The predicted molar refractivity (Wildman–Crippen MR) is 83.1 cm³/mol. The van der Waals surface area contributed by atoms with Crippen LogP contribution >= 0.6 is 11.3 Å². The fourth-order valence-corrected chi connectivity index (χ4v) is 3.97. The second-order valence-corrected chi connectivity index (χ2v) is 6.99. The van der Waals surface area contributed by atoms with Crippen LogP contribution in [0, 0.1) is 0 Å². The summed E-state index contributed by atoms with van der Waals surface area (Å²) in [6.07, 6.45) is 2.18. The van der Waals surface area contributed by atoms with E-state index in [4.69, 9.17) is 9.47 Å². The van der Waals surface area contributed by atoms with Gasteiger partial charge in [-0.2, -0.15) is 0 Å². The molecule has 6 nitrogen and oxygen atoms in total. The molecule has 0 bridgehead atoms. The third-order valence-electron chi connectivity index (χ3n) is 3.64. The van der Waals surface area contributed by atoms with Crippen molar-refractivity contribution in [3.63, 3.8) is 0 Å². The molecule has 0 saturated heterocycles. The highest BCUT2D eigenvalue weighted by Gasteiger charge is 2.30. The van der Waals surface area contributed by atoms with Crippen LogP contribution in [0.1, 0.15) is 31.2 Å². The topological polar surface area (TPSA) is 70.4 Å². The first kappa shape index (κ1) is 15.2. The van der Waals surface area contributed by atoms with Crippen molar-refractivity contribution in [1.82, 2.24) is 9.55 Å². The van der Waals surface area contributed by atoms with E-state index in [1.54, 1.807) is 6.92 Å². The normalized spacial score (nSPS) is 16.5. The van der Waals surface area contributed by atoms with Gasteiger partial charge >= 0.3 is 5.97 Å². The molecule has 0 amide bonds. The van der Waals surface area contributed by atoms with Crippen LogP contribution in [0.5, 0.6) is 0 Å². The van der Waals surface area contributed by atoms with Crippen LogP contribution in [0.15, 0.2) is 11.1 Å². The molecule has 3 rings (SSSR count). The summed E-state index contributed by atoms with van der Waals surface area (Å²) in [6.45, 7) is 6.45. The van der Waals surface area contributed by atoms with Crippen LogP contribution in [-0.2, 0) is 33.8 Å². The van der Waals surface area contributed by atoms with Gasteiger partial charge in [0.25, 0.3) is 5.56 Å². The number of fused-ring (bicyclic) bond motifs is 3. The van der Waals surface area contributed by atoms with Crippen LogP contribution in [0.2, 0.25) is 0 Å². The lowest BCUT2D eigenvalue weighted by Gasteiger charge is -2.29. The van der Waals surface area contributed by atoms with Crippen molar-refractivity contribution >= 4 is 27.5 Å². The minimum atomic E-state index is -0.434. The second kappa shape index (κ2) is 5.48. The number of aromatic nitrogens is 2. The van der Waals surface area contributed by atoms with E-state index in [0.717, 1.165) is 16.9 Å². The molecule has 0 atom stereocenters. The van der Waals surface area contributed by atoms with Crippen molar-refractivity contribution in [2.45, 2.75) is 45.9 Å². The van der Waals surface area contributed by atoms with Gasteiger partial charge in [0.15, 0.2) is 0 Å². The van der Waals surface area contributed by atoms with Gasteiger partial charge in [-0.25, -0.2) is 4.98 Å². The lowest BCUT2D eigenvalue weighted by atomic mass is 9.98. The van der Waals surface area contributed by atoms with Crippen molar-refractivity contribution in [3.05, 3.63) is 27.1 Å². The van der Waals surface area contributed by atoms with E-state index < -0.39 is 5.97 Å². The van der Waals surface area contributed by atoms with Gasteiger partial charge < -0.3 is 9.47 Å². The summed E-state index contributed by atoms with van der Waals surface area (Å²) in [7, 11) is 0. The Balaban J connectivity index is 2.02. The lowest BCUT2D eigenvalue weighted by Crippen LogP contribution is -2.30. The Hall–Kier alpha value is -1.73. The van der Waals surface area contributed by atoms with Gasteiger partial charge in [0.2, 0.25) is 0 Å². The molecule has 118 valence electrons. The van der Waals surface area contributed by atoms with Gasteiger partial charge in [0, 0.05) is 16.9 Å². The Labute approximate surface area is 131 Å². The van der Waals surface area contributed by atoms with Crippen molar-refractivity contribution < 1.29 is 14.3 Å². The maximum atomic E-state index is 12.5. The maximum absolute atomic E-state index is 12.5. The van der Waals surface area contributed by atoms with Crippen LogP contribution in [0.25, 0.3) is 10.2 Å². The molecule has 0 fully saturated rings. The van der Waals surface area contributed by atoms with E-state index >= 15 is 0 Å². The minimum Gasteiger partial charge on any atom is -0.465 e. The zero-order valence-corrected chi connectivity index (χ0v) is 13.7. The largest absolute Gasteiger partial charge is 0.465 e. The average molecular weight is 322 g/mol. The Morgan fingerprint density at radius 1 is 1.55 bits per heavy atom. The van der Waals surface area contributed by atoms with E-state index in [9.17, 15) is 9.59 Å². The van der Waals surface area contributed by atoms with Gasteiger partial charge in [-0.05, 0) is 20.8 Å². The summed E-state index contributed by atoms with van der Waals surface area (Å²) < 4.78 is 12.6. The van der Waals surface area contributed by atoms with Crippen LogP contribution in [0.3, 0.4) is 0 Å². The zero-order valence-electron chi connectivity index (χ0n) is 12.8. The van der Waals surface area contributed by atoms with Crippen molar-refractivity contribution in [2.75, 3.05) is 6.61 Å². The molecule has 0 aromatic carbocycles. The third-order valence-corrected chi connectivity index (χ3v) is 4.85. The standard InChI is InChI=1S/C15H18N2O4S/c1-4-20-11(18)6-17-8-16-12-9-7-21-15(2,3)5-10(9)22-13(12)14(17)19/h8H,4-7H2,1-3H3. The van der Waals surface area contributed by atoms with E-state index in [-0.39, 0.29) is 17.7 Å². The first-order valence-electron chi connectivity index (χ1n) is 7.20. The summed E-state index contributed by atoms with van der Waals surface area (Å²) in [5.41, 5.74) is 1.27. The molecule has 0 radical (unpaired) electrons. The molecule has 0 aliphatic carbocycles. The van der Waals surface area contributed by atoms with Crippen molar-refractivity contribution in [1.29, 1.82) is 0 Å². The fraction of sp³-hybridized carbons (Fsp3) is 0.533. The molecular weight excluding hydrogens is 304 g/mol. The summed E-state index contributed by atoms with van der Waals surface area (Å²) in [4.78, 5) is 29.6. The molecule has 1 aliphatic rings. The number of thiophene rings is 1. The summed E-state index contributed by atoms with van der Waals surface area (Å²) in [6, 6.07) is 0. The lowest BCUT2D eigenvalue weighted by molar-refractivity contribution is -0.143. The average Bonchev–Trinajstić information content (AvgIpc) is 2.79. The molecule has 2 aromatic rings. The van der Waals surface area contributed by atoms with Gasteiger partial charge in [-0.1, -0.05) is 0 Å². The number of carbonyl (C=O) groups excluding carboxylic acids is 1. The maximum Gasteiger partial charge on any atom is 0.326 e. The quantitative estimate of drug-likeness (QED) is 0.807.